The molecule has 3 rings (SSSR count). The highest BCUT2D eigenvalue weighted by molar-refractivity contribution is 7.18. The quantitative estimate of drug-likeness (QED) is 0.901. The van der Waals surface area contributed by atoms with Gasteiger partial charge in [-0.3, -0.25) is 0 Å². The Morgan fingerprint density at radius 2 is 2.33 bits per heavy atom. The van der Waals surface area contributed by atoms with Crippen molar-refractivity contribution < 1.29 is 0 Å². The molecule has 96 valence electrons. The molecule has 0 amide bonds. The molecular weight excluding hydrogens is 244 g/mol. The van der Waals surface area contributed by atoms with E-state index >= 15 is 0 Å². The monoisotopic (exact) mass is 262 g/mol. The lowest BCUT2D eigenvalue weighted by Crippen LogP contribution is -2.30. The SMILES string of the molecule is Cc1csc2c(N3CCC(C(C)N)C3)ncnc12. The van der Waals surface area contributed by atoms with E-state index in [0.29, 0.717) is 5.92 Å². The zero-order valence-electron chi connectivity index (χ0n) is 10.8. The first-order valence-electron chi connectivity index (χ1n) is 6.36. The van der Waals surface area contributed by atoms with Crippen LogP contribution in [-0.2, 0) is 0 Å². The number of aromatic nitrogens is 2. The normalized spacial score (nSPS) is 21.7. The summed E-state index contributed by atoms with van der Waals surface area (Å²) in [5, 5.41) is 2.15. The second kappa shape index (κ2) is 4.48. The van der Waals surface area contributed by atoms with Crippen LogP contribution >= 0.6 is 11.3 Å². The van der Waals surface area contributed by atoms with Crippen molar-refractivity contribution >= 4 is 27.4 Å². The average molecular weight is 262 g/mol. The van der Waals surface area contributed by atoms with E-state index in [4.69, 9.17) is 5.73 Å². The molecule has 5 heteroatoms. The van der Waals surface area contributed by atoms with Gasteiger partial charge in [-0.05, 0) is 37.1 Å². The summed E-state index contributed by atoms with van der Waals surface area (Å²) in [6.45, 7) is 6.26. The lowest BCUT2D eigenvalue weighted by molar-refractivity contribution is 0.488. The van der Waals surface area contributed by atoms with E-state index in [1.54, 1.807) is 17.7 Å². The zero-order chi connectivity index (χ0) is 12.7. The van der Waals surface area contributed by atoms with Crippen molar-refractivity contribution in [1.29, 1.82) is 0 Å². The maximum absolute atomic E-state index is 6.00. The van der Waals surface area contributed by atoms with Gasteiger partial charge in [-0.15, -0.1) is 11.3 Å². The third-order valence-corrected chi connectivity index (χ3v) is 4.86. The van der Waals surface area contributed by atoms with E-state index in [-0.39, 0.29) is 6.04 Å². The van der Waals surface area contributed by atoms with Crippen LogP contribution in [0.1, 0.15) is 18.9 Å². The molecule has 2 unspecified atom stereocenters. The molecule has 0 bridgehead atoms. The molecule has 1 aliphatic heterocycles. The van der Waals surface area contributed by atoms with Crippen LogP contribution in [0.25, 0.3) is 10.2 Å². The summed E-state index contributed by atoms with van der Waals surface area (Å²) in [5.74, 6) is 1.66. The van der Waals surface area contributed by atoms with Crippen molar-refractivity contribution in [2.45, 2.75) is 26.3 Å². The van der Waals surface area contributed by atoms with E-state index in [1.165, 1.54) is 10.3 Å². The van der Waals surface area contributed by atoms with E-state index in [1.807, 2.05) is 0 Å². The van der Waals surface area contributed by atoms with Gasteiger partial charge < -0.3 is 10.6 Å². The van der Waals surface area contributed by atoms with Gasteiger partial charge in [0.05, 0.1) is 10.2 Å². The molecule has 1 aliphatic rings. The molecule has 1 saturated heterocycles. The van der Waals surface area contributed by atoms with Crippen LogP contribution < -0.4 is 10.6 Å². The van der Waals surface area contributed by atoms with Gasteiger partial charge in [-0.25, -0.2) is 9.97 Å². The minimum atomic E-state index is 0.261. The van der Waals surface area contributed by atoms with E-state index in [9.17, 15) is 0 Å². The maximum atomic E-state index is 6.00. The molecule has 0 saturated carbocycles. The molecule has 0 aliphatic carbocycles. The molecule has 0 radical (unpaired) electrons. The lowest BCUT2D eigenvalue weighted by atomic mass is 10.0. The number of rotatable bonds is 2. The van der Waals surface area contributed by atoms with Crippen molar-refractivity contribution in [3.05, 3.63) is 17.3 Å². The molecule has 2 N–H and O–H groups in total. The van der Waals surface area contributed by atoms with Crippen LogP contribution in [0, 0.1) is 12.8 Å². The van der Waals surface area contributed by atoms with Gasteiger partial charge in [0.2, 0.25) is 0 Å². The Hall–Kier alpha value is -1.20. The first-order chi connectivity index (χ1) is 8.66. The summed E-state index contributed by atoms with van der Waals surface area (Å²) < 4.78 is 1.21. The Bertz CT molecular complexity index is 563. The number of anilines is 1. The highest BCUT2D eigenvalue weighted by Gasteiger charge is 2.27. The molecule has 1 fully saturated rings. The zero-order valence-corrected chi connectivity index (χ0v) is 11.6. The van der Waals surface area contributed by atoms with Gasteiger partial charge in [-0.2, -0.15) is 0 Å². The Morgan fingerprint density at radius 1 is 1.50 bits per heavy atom. The largest absolute Gasteiger partial charge is 0.355 e. The first kappa shape index (κ1) is 11.9. The van der Waals surface area contributed by atoms with Gasteiger partial charge in [0.25, 0.3) is 0 Å². The van der Waals surface area contributed by atoms with Gasteiger partial charge in [0.1, 0.15) is 12.1 Å². The van der Waals surface area contributed by atoms with E-state index < -0.39 is 0 Å². The second-order valence-electron chi connectivity index (χ2n) is 5.15. The lowest BCUT2D eigenvalue weighted by Gasteiger charge is -2.19. The minimum absolute atomic E-state index is 0.261. The van der Waals surface area contributed by atoms with E-state index in [0.717, 1.165) is 30.8 Å². The topological polar surface area (TPSA) is 55.0 Å². The second-order valence-corrected chi connectivity index (χ2v) is 6.03. The Balaban J connectivity index is 1.96. The molecule has 2 aromatic rings. The molecule has 2 atom stereocenters. The van der Waals surface area contributed by atoms with Gasteiger partial charge in [0.15, 0.2) is 0 Å². The van der Waals surface area contributed by atoms with Crippen molar-refractivity contribution in [2.24, 2.45) is 11.7 Å². The number of nitrogens with zero attached hydrogens (tertiary/aromatic N) is 3. The predicted molar refractivity (Wildman–Crippen MR) is 76.1 cm³/mol. The first-order valence-corrected chi connectivity index (χ1v) is 7.24. The molecule has 0 aromatic carbocycles. The van der Waals surface area contributed by atoms with Crippen LogP contribution in [0.2, 0.25) is 0 Å². The molecule has 4 nitrogen and oxygen atoms in total. The summed E-state index contributed by atoms with van der Waals surface area (Å²) in [5.41, 5.74) is 8.33. The van der Waals surface area contributed by atoms with Gasteiger partial charge in [-0.1, -0.05) is 0 Å². The fraction of sp³-hybridized carbons (Fsp3) is 0.538. The summed E-state index contributed by atoms with van der Waals surface area (Å²) in [4.78, 5) is 11.2. The predicted octanol–water partition coefficient (Wildman–Crippen LogP) is 2.17. The number of hydrogen-bond donors (Lipinski definition) is 1. The summed E-state index contributed by atoms with van der Waals surface area (Å²) in [6, 6.07) is 0.261. The third-order valence-electron chi connectivity index (χ3n) is 3.78. The van der Waals surface area contributed by atoms with Crippen LogP contribution in [0.5, 0.6) is 0 Å². The number of hydrogen-bond acceptors (Lipinski definition) is 5. The number of aryl methyl sites for hydroxylation is 1. The Labute approximate surface area is 111 Å². The van der Waals surface area contributed by atoms with Gasteiger partial charge in [0, 0.05) is 19.1 Å². The highest BCUT2D eigenvalue weighted by Crippen LogP contribution is 2.33. The van der Waals surface area contributed by atoms with Crippen LogP contribution in [0.15, 0.2) is 11.7 Å². The summed E-state index contributed by atoms with van der Waals surface area (Å²) in [6.07, 6.45) is 2.84. The summed E-state index contributed by atoms with van der Waals surface area (Å²) >= 11 is 1.74. The molecule has 18 heavy (non-hydrogen) atoms. The fourth-order valence-corrected chi connectivity index (χ4v) is 3.61. The maximum Gasteiger partial charge on any atom is 0.150 e. The molecule has 0 spiro atoms. The fourth-order valence-electron chi connectivity index (χ4n) is 2.59. The Kier molecular flexibility index (Phi) is 2.95. The average Bonchev–Trinajstić information content (AvgIpc) is 2.97. The van der Waals surface area contributed by atoms with E-state index in [2.05, 4.69) is 34.1 Å². The molecule has 2 aromatic heterocycles. The number of fused-ring (bicyclic) bond motifs is 1. The molecule has 3 heterocycles. The molecular formula is C13H18N4S. The standard InChI is InChI=1S/C13H18N4S/c1-8-6-18-12-11(8)15-7-16-13(12)17-4-3-10(5-17)9(2)14/h6-7,9-10H,3-5,14H2,1-2H3. The van der Waals surface area contributed by atoms with Crippen molar-refractivity contribution in [1.82, 2.24) is 9.97 Å². The number of nitrogens with two attached hydrogens (primary N) is 1. The minimum Gasteiger partial charge on any atom is -0.355 e. The van der Waals surface area contributed by atoms with Crippen LogP contribution in [0.3, 0.4) is 0 Å². The van der Waals surface area contributed by atoms with Crippen LogP contribution in [-0.4, -0.2) is 29.1 Å². The Morgan fingerprint density at radius 3 is 3.06 bits per heavy atom. The summed E-state index contributed by atoms with van der Waals surface area (Å²) in [7, 11) is 0. The third kappa shape index (κ3) is 1.87. The van der Waals surface area contributed by atoms with Crippen molar-refractivity contribution in [3.8, 4) is 0 Å². The van der Waals surface area contributed by atoms with Crippen LogP contribution in [0.4, 0.5) is 5.82 Å². The van der Waals surface area contributed by atoms with Crippen molar-refractivity contribution in [3.63, 3.8) is 0 Å². The number of thiophene rings is 1. The van der Waals surface area contributed by atoms with Gasteiger partial charge >= 0.3 is 0 Å². The highest BCUT2D eigenvalue weighted by atomic mass is 32.1. The smallest absolute Gasteiger partial charge is 0.150 e. The van der Waals surface area contributed by atoms with Crippen molar-refractivity contribution in [2.75, 3.05) is 18.0 Å².